The van der Waals surface area contributed by atoms with E-state index in [4.69, 9.17) is 9.47 Å². The van der Waals surface area contributed by atoms with Crippen LogP contribution in [0.25, 0.3) is 0 Å². The van der Waals surface area contributed by atoms with Gasteiger partial charge >= 0.3 is 11.9 Å². The number of rotatable bonds is 8. The minimum Gasteiger partial charge on any atom is -0.461 e. The van der Waals surface area contributed by atoms with Gasteiger partial charge in [0.1, 0.15) is 11.4 Å². The number of esters is 2. The van der Waals surface area contributed by atoms with Crippen molar-refractivity contribution in [1.29, 1.82) is 0 Å². The highest BCUT2D eigenvalue weighted by Gasteiger charge is 2.23. The Morgan fingerprint density at radius 3 is 1.41 bits per heavy atom. The first-order valence-electron chi connectivity index (χ1n) is 9.64. The molecule has 2 aromatic rings. The number of carbonyl (C=O) groups is 2. The minimum atomic E-state index is -0.332. The number of nitrogens with one attached hydrogen (secondary N) is 2. The zero-order valence-electron chi connectivity index (χ0n) is 17.2. The lowest BCUT2D eigenvalue weighted by Crippen LogP contribution is -2.07. The van der Waals surface area contributed by atoms with Gasteiger partial charge < -0.3 is 19.4 Å². The van der Waals surface area contributed by atoms with Crippen molar-refractivity contribution >= 4 is 11.9 Å². The average Bonchev–Trinajstić information content (AvgIpc) is 3.12. The molecule has 2 aromatic heterocycles. The standard InChI is InChI=1S/C21H30N2O4/c1-7-14-12(5)18(20(24)26-9-3)22-16(14)11-17-15(8-2)13(6)19(23-17)21(25)27-10-4/h22-23H,7-11H2,1-6H3. The minimum absolute atomic E-state index is 0.332. The van der Waals surface area contributed by atoms with Crippen molar-refractivity contribution in [3.63, 3.8) is 0 Å². The summed E-state index contributed by atoms with van der Waals surface area (Å²) in [4.78, 5) is 31.0. The van der Waals surface area contributed by atoms with Gasteiger partial charge in [-0.05, 0) is 62.8 Å². The lowest BCUT2D eigenvalue weighted by Gasteiger charge is -2.05. The molecule has 6 nitrogen and oxygen atoms in total. The molecule has 0 aliphatic rings. The third kappa shape index (κ3) is 4.10. The number of H-pyrrole nitrogens is 2. The number of ether oxygens (including phenoxy) is 2. The fourth-order valence-electron chi connectivity index (χ4n) is 3.65. The largest absolute Gasteiger partial charge is 0.461 e. The predicted molar refractivity (Wildman–Crippen MR) is 105 cm³/mol. The molecule has 6 heteroatoms. The predicted octanol–water partition coefficient (Wildman–Crippen LogP) is 4.03. The first kappa shape index (κ1) is 20.8. The number of aromatic amines is 2. The van der Waals surface area contributed by atoms with Crippen molar-refractivity contribution < 1.29 is 19.1 Å². The van der Waals surface area contributed by atoms with Crippen molar-refractivity contribution in [3.8, 4) is 0 Å². The van der Waals surface area contributed by atoms with Crippen molar-refractivity contribution in [2.24, 2.45) is 0 Å². The van der Waals surface area contributed by atoms with Crippen molar-refractivity contribution in [2.45, 2.75) is 60.8 Å². The van der Waals surface area contributed by atoms with Crippen LogP contribution in [0.5, 0.6) is 0 Å². The second kappa shape index (κ2) is 8.93. The van der Waals surface area contributed by atoms with Crippen LogP contribution < -0.4 is 0 Å². The Labute approximate surface area is 160 Å². The third-order valence-corrected chi connectivity index (χ3v) is 4.96. The molecular formula is C21H30N2O4. The van der Waals surface area contributed by atoms with Crippen LogP contribution in [-0.4, -0.2) is 35.1 Å². The summed E-state index contributed by atoms with van der Waals surface area (Å²) in [5.74, 6) is -0.664. The van der Waals surface area contributed by atoms with Gasteiger partial charge in [-0.25, -0.2) is 9.59 Å². The van der Waals surface area contributed by atoms with Gasteiger partial charge in [-0.3, -0.25) is 0 Å². The van der Waals surface area contributed by atoms with E-state index in [-0.39, 0.29) is 11.9 Å². The molecule has 27 heavy (non-hydrogen) atoms. The van der Waals surface area contributed by atoms with Crippen LogP contribution in [0.4, 0.5) is 0 Å². The topological polar surface area (TPSA) is 84.2 Å². The Balaban J connectivity index is 2.45. The Morgan fingerprint density at radius 2 is 1.11 bits per heavy atom. The lowest BCUT2D eigenvalue weighted by molar-refractivity contribution is 0.0510. The number of carbonyl (C=O) groups excluding carboxylic acids is 2. The molecule has 0 unspecified atom stereocenters. The second-order valence-corrected chi connectivity index (χ2v) is 6.49. The molecule has 0 aromatic carbocycles. The SMILES string of the molecule is CCOC(=O)c1[nH]c(Cc2[nH]c(C(=O)OCC)c(C)c2CC)c(CC)c1C. The average molecular weight is 374 g/mol. The van der Waals surface area contributed by atoms with E-state index >= 15 is 0 Å². The normalized spacial score (nSPS) is 10.9. The maximum atomic E-state index is 12.2. The van der Waals surface area contributed by atoms with Crippen molar-refractivity contribution in [1.82, 2.24) is 9.97 Å². The van der Waals surface area contributed by atoms with Gasteiger partial charge in [0.05, 0.1) is 13.2 Å². The van der Waals surface area contributed by atoms with E-state index in [1.807, 2.05) is 13.8 Å². The zero-order valence-corrected chi connectivity index (χ0v) is 17.2. The summed E-state index contributed by atoms with van der Waals surface area (Å²) in [5, 5.41) is 0. The lowest BCUT2D eigenvalue weighted by atomic mass is 10.0. The molecule has 0 saturated carbocycles. The maximum Gasteiger partial charge on any atom is 0.355 e. The fourth-order valence-corrected chi connectivity index (χ4v) is 3.65. The smallest absolute Gasteiger partial charge is 0.355 e. The van der Waals surface area contributed by atoms with E-state index in [0.717, 1.165) is 46.5 Å². The molecule has 0 fully saturated rings. The highest BCUT2D eigenvalue weighted by atomic mass is 16.5. The second-order valence-electron chi connectivity index (χ2n) is 6.49. The van der Waals surface area contributed by atoms with E-state index in [0.29, 0.717) is 31.0 Å². The molecule has 0 bridgehead atoms. The molecule has 148 valence electrons. The van der Waals surface area contributed by atoms with Crippen LogP contribution in [0, 0.1) is 13.8 Å². The van der Waals surface area contributed by atoms with Gasteiger partial charge in [0.2, 0.25) is 0 Å². The molecule has 0 aliphatic carbocycles. The Kier molecular flexibility index (Phi) is 6.88. The number of hydrogen-bond donors (Lipinski definition) is 2. The Bertz CT molecular complexity index is 762. The first-order valence-corrected chi connectivity index (χ1v) is 9.64. The summed E-state index contributed by atoms with van der Waals surface area (Å²) in [6.07, 6.45) is 2.21. The van der Waals surface area contributed by atoms with Crippen LogP contribution in [-0.2, 0) is 28.7 Å². The summed E-state index contributed by atoms with van der Waals surface area (Å²) in [6.45, 7) is 12.3. The molecule has 0 spiro atoms. The van der Waals surface area contributed by atoms with Gasteiger partial charge in [-0.15, -0.1) is 0 Å². The molecule has 0 saturated heterocycles. The molecule has 2 heterocycles. The van der Waals surface area contributed by atoms with Crippen LogP contribution >= 0.6 is 0 Å². The molecular weight excluding hydrogens is 344 g/mol. The third-order valence-electron chi connectivity index (χ3n) is 4.96. The molecule has 2 rings (SSSR count). The van der Waals surface area contributed by atoms with Gasteiger partial charge in [0, 0.05) is 17.8 Å². The summed E-state index contributed by atoms with van der Waals surface area (Å²) in [5.41, 5.74) is 7.06. The van der Waals surface area contributed by atoms with Crippen LogP contribution in [0.3, 0.4) is 0 Å². The van der Waals surface area contributed by atoms with Crippen LogP contribution in [0.2, 0.25) is 0 Å². The maximum absolute atomic E-state index is 12.2. The van der Waals surface area contributed by atoms with E-state index in [2.05, 4.69) is 23.8 Å². The molecule has 2 N–H and O–H groups in total. The quantitative estimate of drug-likeness (QED) is 0.683. The highest BCUT2D eigenvalue weighted by Crippen LogP contribution is 2.26. The molecule has 0 atom stereocenters. The summed E-state index contributed by atoms with van der Waals surface area (Å²) < 4.78 is 10.3. The Morgan fingerprint density at radius 1 is 0.741 bits per heavy atom. The molecule has 0 amide bonds. The van der Waals surface area contributed by atoms with Gasteiger partial charge in [0.25, 0.3) is 0 Å². The monoisotopic (exact) mass is 374 g/mol. The zero-order chi connectivity index (χ0) is 20.1. The van der Waals surface area contributed by atoms with Crippen molar-refractivity contribution in [3.05, 3.63) is 45.0 Å². The summed E-state index contributed by atoms with van der Waals surface area (Å²) in [7, 11) is 0. The Hall–Kier alpha value is -2.50. The van der Waals surface area contributed by atoms with E-state index in [1.54, 1.807) is 13.8 Å². The van der Waals surface area contributed by atoms with Gasteiger partial charge in [0.15, 0.2) is 0 Å². The van der Waals surface area contributed by atoms with Crippen LogP contribution in [0.1, 0.15) is 82.3 Å². The van der Waals surface area contributed by atoms with E-state index in [9.17, 15) is 9.59 Å². The van der Waals surface area contributed by atoms with Gasteiger partial charge in [-0.1, -0.05) is 13.8 Å². The summed E-state index contributed by atoms with van der Waals surface area (Å²) in [6, 6.07) is 0. The van der Waals surface area contributed by atoms with Crippen LogP contribution in [0.15, 0.2) is 0 Å². The number of hydrogen-bond acceptors (Lipinski definition) is 4. The van der Waals surface area contributed by atoms with E-state index < -0.39 is 0 Å². The fraction of sp³-hybridized carbons (Fsp3) is 0.524. The van der Waals surface area contributed by atoms with E-state index in [1.165, 1.54) is 0 Å². The van der Waals surface area contributed by atoms with Crippen molar-refractivity contribution in [2.75, 3.05) is 13.2 Å². The van der Waals surface area contributed by atoms with Gasteiger partial charge in [-0.2, -0.15) is 0 Å². The number of aromatic nitrogens is 2. The highest BCUT2D eigenvalue weighted by molar-refractivity contribution is 5.90. The first-order chi connectivity index (χ1) is 12.9. The molecule has 0 aliphatic heterocycles. The molecule has 0 radical (unpaired) electrons. The summed E-state index contributed by atoms with van der Waals surface area (Å²) >= 11 is 0.